The quantitative estimate of drug-likeness (QED) is 0.582. The average Bonchev–Trinajstić information content (AvgIpc) is 2.81. The van der Waals surface area contributed by atoms with Gasteiger partial charge in [0.2, 0.25) is 11.8 Å². The van der Waals surface area contributed by atoms with Crippen LogP contribution in [0.1, 0.15) is 35.0 Å². The van der Waals surface area contributed by atoms with Crippen LogP contribution in [0.3, 0.4) is 0 Å². The summed E-state index contributed by atoms with van der Waals surface area (Å²) in [6.45, 7) is 4.90. The third-order valence-corrected chi connectivity index (χ3v) is 5.36. The fourth-order valence-corrected chi connectivity index (χ4v) is 3.50. The van der Waals surface area contributed by atoms with Crippen LogP contribution in [0.25, 0.3) is 0 Å². The lowest BCUT2D eigenvalue weighted by molar-refractivity contribution is -0.154. The Morgan fingerprint density at radius 2 is 1.83 bits per heavy atom. The SMILES string of the molecule is CCC(=O)Nc1cc(C(=O)NCc2ccc(OCC(F)(F)F)nc2N2CCN(C)CC2)cc(C)n1. The van der Waals surface area contributed by atoms with Crippen molar-refractivity contribution in [2.75, 3.05) is 50.1 Å². The van der Waals surface area contributed by atoms with Gasteiger partial charge in [-0.2, -0.15) is 18.2 Å². The van der Waals surface area contributed by atoms with E-state index in [0.29, 0.717) is 35.7 Å². The number of aromatic nitrogens is 2. The van der Waals surface area contributed by atoms with Gasteiger partial charge in [-0.15, -0.1) is 0 Å². The second-order valence-electron chi connectivity index (χ2n) is 8.29. The molecule has 0 aliphatic carbocycles. The molecule has 0 spiro atoms. The summed E-state index contributed by atoms with van der Waals surface area (Å²) >= 11 is 0. The number of alkyl halides is 3. The van der Waals surface area contributed by atoms with Crippen LogP contribution in [-0.2, 0) is 11.3 Å². The summed E-state index contributed by atoms with van der Waals surface area (Å²) < 4.78 is 42.6. The van der Waals surface area contributed by atoms with Gasteiger partial charge in [0.25, 0.3) is 5.91 Å². The molecule has 0 saturated carbocycles. The number of nitrogens with one attached hydrogen (secondary N) is 2. The van der Waals surface area contributed by atoms with Crippen molar-refractivity contribution in [3.8, 4) is 5.88 Å². The molecule has 1 fully saturated rings. The van der Waals surface area contributed by atoms with Crippen LogP contribution in [0, 0.1) is 6.92 Å². The smallest absolute Gasteiger partial charge is 0.422 e. The van der Waals surface area contributed by atoms with E-state index in [4.69, 9.17) is 4.74 Å². The van der Waals surface area contributed by atoms with Crippen molar-refractivity contribution in [3.63, 3.8) is 0 Å². The summed E-state index contributed by atoms with van der Waals surface area (Å²) in [5, 5.41) is 5.46. The zero-order valence-corrected chi connectivity index (χ0v) is 19.9. The highest BCUT2D eigenvalue weighted by molar-refractivity contribution is 5.96. The maximum Gasteiger partial charge on any atom is 0.422 e. The van der Waals surface area contributed by atoms with Crippen LogP contribution >= 0.6 is 0 Å². The molecule has 2 amide bonds. The van der Waals surface area contributed by atoms with Crippen LogP contribution in [0.4, 0.5) is 24.8 Å². The zero-order valence-electron chi connectivity index (χ0n) is 19.9. The van der Waals surface area contributed by atoms with Gasteiger partial charge in [-0.3, -0.25) is 9.59 Å². The topological polar surface area (TPSA) is 99.7 Å². The molecule has 0 aromatic carbocycles. The van der Waals surface area contributed by atoms with Crippen molar-refractivity contribution < 1.29 is 27.5 Å². The Hall–Kier alpha value is -3.41. The van der Waals surface area contributed by atoms with E-state index in [9.17, 15) is 22.8 Å². The number of hydrogen-bond donors (Lipinski definition) is 2. The van der Waals surface area contributed by atoms with Gasteiger partial charge >= 0.3 is 6.18 Å². The average molecular weight is 495 g/mol. The Balaban J connectivity index is 1.77. The minimum Gasteiger partial charge on any atom is -0.468 e. The number of carbonyl (C=O) groups excluding carboxylic acids is 2. The number of nitrogens with zero attached hydrogens (tertiary/aromatic N) is 4. The molecule has 12 heteroatoms. The Kier molecular flexibility index (Phi) is 8.49. The predicted octanol–water partition coefficient (Wildman–Crippen LogP) is 2.76. The zero-order chi connectivity index (χ0) is 25.6. The molecule has 2 aromatic rings. The number of amides is 2. The number of anilines is 2. The number of aryl methyl sites for hydroxylation is 1. The molecular formula is C23H29F3N6O3. The molecule has 9 nitrogen and oxygen atoms in total. The maximum atomic E-state index is 12.8. The van der Waals surface area contributed by atoms with E-state index in [1.165, 1.54) is 12.1 Å². The number of halogens is 3. The lowest BCUT2D eigenvalue weighted by Crippen LogP contribution is -2.45. The van der Waals surface area contributed by atoms with Gasteiger partial charge in [0, 0.05) is 62.0 Å². The highest BCUT2D eigenvalue weighted by Crippen LogP contribution is 2.25. The second kappa shape index (κ2) is 11.3. The third kappa shape index (κ3) is 7.81. The van der Waals surface area contributed by atoms with Crippen molar-refractivity contribution in [2.45, 2.75) is 33.0 Å². The lowest BCUT2D eigenvalue weighted by atomic mass is 10.2. The van der Waals surface area contributed by atoms with Crippen LogP contribution in [-0.4, -0.2) is 72.7 Å². The first kappa shape index (κ1) is 26.2. The molecule has 0 bridgehead atoms. The summed E-state index contributed by atoms with van der Waals surface area (Å²) in [7, 11) is 1.99. The predicted molar refractivity (Wildman–Crippen MR) is 125 cm³/mol. The van der Waals surface area contributed by atoms with Crippen molar-refractivity contribution in [3.05, 3.63) is 41.1 Å². The van der Waals surface area contributed by atoms with Gasteiger partial charge in [0.05, 0.1) is 0 Å². The van der Waals surface area contributed by atoms with Gasteiger partial charge < -0.3 is 25.2 Å². The molecular weight excluding hydrogens is 465 g/mol. The minimum absolute atomic E-state index is 0.102. The molecule has 0 unspecified atom stereocenters. The first-order valence-corrected chi connectivity index (χ1v) is 11.2. The molecule has 1 saturated heterocycles. The Morgan fingerprint density at radius 3 is 2.49 bits per heavy atom. The molecule has 190 valence electrons. The van der Waals surface area contributed by atoms with Crippen molar-refractivity contribution in [1.82, 2.24) is 20.2 Å². The normalized spacial score (nSPS) is 14.5. The van der Waals surface area contributed by atoms with Crippen molar-refractivity contribution in [1.29, 1.82) is 0 Å². The summed E-state index contributed by atoms with van der Waals surface area (Å²) in [5.41, 5.74) is 1.53. The molecule has 1 aliphatic heterocycles. The van der Waals surface area contributed by atoms with E-state index >= 15 is 0 Å². The molecule has 3 rings (SSSR count). The number of piperazine rings is 1. The Bertz CT molecular complexity index is 1060. The van der Waals surface area contributed by atoms with E-state index in [1.807, 2.05) is 11.9 Å². The van der Waals surface area contributed by atoms with E-state index in [2.05, 4.69) is 25.5 Å². The van der Waals surface area contributed by atoms with Crippen LogP contribution in [0.5, 0.6) is 5.88 Å². The summed E-state index contributed by atoms with van der Waals surface area (Å²) in [5.74, 6) is 0.0228. The first-order valence-electron chi connectivity index (χ1n) is 11.2. The fraction of sp³-hybridized carbons (Fsp3) is 0.478. The number of ether oxygens (including phenoxy) is 1. The first-order chi connectivity index (χ1) is 16.5. The highest BCUT2D eigenvalue weighted by atomic mass is 19.4. The van der Waals surface area contributed by atoms with Crippen LogP contribution < -0.4 is 20.3 Å². The molecule has 35 heavy (non-hydrogen) atoms. The molecule has 3 heterocycles. The van der Waals surface area contributed by atoms with Gasteiger partial charge in [0.15, 0.2) is 6.61 Å². The van der Waals surface area contributed by atoms with E-state index in [-0.39, 0.29) is 36.5 Å². The molecule has 2 aromatic heterocycles. The van der Waals surface area contributed by atoms with Crippen molar-refractivity contribution in [2.24, 2.45) is 0 Å². The Morgan fingerprint density at radius 1 is 1.11 bits per heavy atom. The van der Waals surface area contributed by atoms with E-state index in [0.717, 1.165) is 13.1 Å². The fourth-order valence-electron chi connectivity index (χ4n) is 3.50. The monoisotopic (exact) mass is 494 g/mol. The van der Waals surface area contributed by atoms with Crippen molar-refractivity contribution >= 4 is 23.5 Å². The van der Waals surface area contributed by atoms with E-state index < -0.39 is 12.8 Å². The third-order valence-electron chi connectivity index (χ3n) is 5.36. The van der Waals surface area contributed by atoms with Gasteiger partial charge in [0.1, 0.15) is 11.6 Å². The summed E-state index contributed by atoms with van der Waals surface area (Å²) in [4.78, 5) is 37.2. The number of likely N-dealkylation sites (N-methyl/N-ethyl adjacent to an activating group) is 1. The minimum atomic E-state index is -4.47. The molecule has 0 radical (unpaired) electrons. The van der Waals surface area contributed by atoms with Gasteiger partial charge in [-0.05, 0) is 32.2 Å². The molecule has 0 atom stereocenters. The number of carbonyl (C=O) groups is 2. The Labute approximate surface area is 201 Å². The largest absolute Gasteiger partial charge is 0.468 e. The van der Waals surface area contributed by atoms with Gasteiger partial charge in [-0.25, -0.2) is 4.98 Å². The number of pyridine rings is 2. The van der Waals surface area contributed by atoms with Crippen LogP contribution in [0.2, 0.25) is 0 Å². The second-order valence-corrected chi connectivity index (χ2v) is 8.29. The number of rotatable bonds is 8. The van der Waals surface area contributed by atoms with E-state index in [1.54, 1.807) is 26.0 Å². The summed E-state index contributed by atoms with van der Waals surface area (Å²) in [6, 6.07) is 6.06. The summed E-state index contributed by atoms with van der Waals surface area (Å²) in [6.07, 6.45) is -4.19. The number of hydrogen-bond acceptors (Lipinski definition) is 7. The molecule has 2 N–H and O–H groups in total. The van der Waals surface area contributed by atoms with Crippen LogP contribution in [0.15, 0.2) is 24.3 Å². The molecule has 1 aliphatic rings. The standard InChI is InChI=1S/C23H29F3N6O3/c1-4-19(33)29-18-12-17(11-15(2)28-18)22(34)27-13-16-5-6-20(35-14-23(24,25)26)30-21(16)32-9-7-31(3)8-10-32/h5-6,11-12H,4,7-10,13-14H2,1-3H3,(H,27,34)(H,28,29,33). The lowest BCUT2D eigenvalue weighted by Gasteiger charge is -2.34. The maximum absolute atomic E-state index is 12.8. The highest BCUT2D eigenvalue weighted by Gasteiger charge is 2.29. The van der Waals surface area contributed by atoms with Gasteiger partial charge in [-0.1, -0.05) is 6.92 Å².